The highest BCUT2D eigenvalue weighted by molar-refractivity contribution is 5.73. The van der Waals surface area contributed by atoms with E-state index in [0.717, 1.165) is 31.5 Å². The summed E-state index contributed by atoms with van der Waals surface area (Å²) in [4.78, 5) is 13.0. The van der Waals surface area contributed by atoms with Crippen LogP contribution in [0.4, 0.5) is 4.39 Å². The fourth-order valence-corrected chi connectivity index (χ4v) is 2.69. The summed E-state index contributed by atoms with van der Waals surface area (Å²) >= 11 is 0. The average molecular weight is 280 g/mol. The number of hydrogen-bond donors (Lipinski definition) is 2. The predicted octanol–water partition coefficient (Wildman–Crippen LogP) is 1.45. The Kier molecular flexibility index (Phi) is 5.09. The Morgan fingerprint density at radius 3 is 2.50 bits per heavy atom. The largest absolute Gasteiger partial charge is 0.387 e. The quantitative estimate of drug-likeness (QED) is 0.858. The first-order chi connectivity index (χ1) is 9.54. The molecule has 2 rings (SSSR count). The molecule has 0 saturated carbocycles. The summed E-state index contributed by atoms with van der Waals surface area (Å²) in [5, 5.41) is 10.1. The zero-order valence-corrected chi connectivity index (χ0v) is 11.5. The van der Waals surface area contributed by atoms with Crippen molar-refractivity contribution in [3.8, 4) is 0 Å². The molecule has 1 atom stereocenters. The first-order valence-electron chi connectivity index (χ1n) is 6.99. The number of nitrogens with zero attached hydrogens (tertiary/aromatic N) is 1. The molecule has 5 heteroatoms. The third-order valence-electron chi connectivity index (χ3n) is 3.88. The molecule has 110 valence electrons. The molecule has 4 nitrogen and oxygen atoms in total. The number of rotatable bonds is 5. The van der Waals surface area contributed by atoms with Crippen molar-refractivity contribution in [2.24, 2.45) is 11.7 Å². The fourth-order valence-electron chi connectivity index (χ4n) is 2.69. The van der Waals surface area contributed by atoms with Gasteiger partial charge in [-0.1, -0.05) is 12.1 Å². The number of benzene rings is 1. The molecule has 0 radical (unpaired) electrons. The molecule has 1 fully saturated rings. The third kappa shape index (κ3) is 4.28. The van der Waals surface area contributed by atoms with Crippen LogP contribution in [0.15, 0.2) is 24.3 Å². The topological polar surface area (TPSA) is 66.6 Å². The molecular formula is C15H21FN2O2. The lowest BCUT2D eigenvalue weighted by atomic mass is 9.93. The molecule has 1 amide bonds. The van der Waals surface area contributed by atoms with Crippen molar-refractivity contribution in [3.63, 3.8) is 0 Å². The highest BCUT2D eigenvalue weighted by atomic mass is 19.1. The fraction of sp³-hybridized carbons (Fsp3) is 0.533. The summed E-state index contributed by atoms with van der Waals surface area (Å²) in [5.41, 5.74) is 5.93. The standard InChI is InChI=1S/C15H21FN2O2/c16-13-3-1-12(2-4-13)14(19)10-18-7-5-11(6-8-18)9-15(17)20/h1-4,11,14,19H,5-10H2,(H2,17,20). The van der Waals surface area contributed by atoms with Crippen LogP contribution in [0.25, 0.3) is 0 Å². The number of carbonyl (C=O) groups excluding carboxylic acids is 1. The smallest absolute Gasteiger partial charge is 0.217 e. The van der Waals surface area contributed by atoms with Crippen LogP contribution >= 0.6 is 0 Å². The van der Waals surface area contributed by atoms with Crippen LogP contribution in [0, 0.1) is 11.7 Å². The highest BCUT2D eigenvalue weighted by Gasteiger charge is 2.22. The van der Waals surface area contributed by atoms with Gasteiger partial charge in [0.05, 0.1) is 6.10 Å². The molecule has 0 aromatic heterocycles. The summed E-state index contributed by atoms with van der Waals surface area (Å²) in [6.07, 6.45) is 1.70. The van der Waals surface area contributed by atoms with Gasteiger partial charge in [-0.2, -0.15) is 0 Å². The Hall–Kier alpha value is -1.46. The van der Waals surface area contributed by atoms with Crippen molar-refractivity contribution < 1.29 is 14.3 Å². The van der Waals surface area contributed by atoms with Gasteiger partial charge in [-0.3, -0.25) is 4.79 Å². The van der Waals surface area contributed by atoms with Gasteiger partial charge in [0.15, 0.2) is 0 Å². The van der Waals surface area contributed by atoms with Crippen molar-refractivity contribution in [1.82, 2.24) is 4.90 Å². The van der Waals surface area contributed by atoms with Crippen molar-refractivity contribution in [2.75, 3.05) is 19.6 Å². The van der Waals surface area contributed by atoms with Gasteiger partial charge in [-0.25, -0.2) is 4.39 Å². The summed E-state index contributed by atoms with van der Waals surface area (Å²) < 4.78 is 12.8. The second-order valence-corrected chi connectivity index (χ2v) is 5.48. The minimum Gasteiger partial charge on any atom is -0.387 e. The second kappa shape index (κ2) is 6.81. The molecule has 0 bridgehead atoms. The summed E-state index contributed by atoms with van der Waals surface area (Å²) in [7, 11) is 0. The van der Waals surface area contributed by atoms with E-state index in [1.165, 1.54) is 12.1 Å². The van der Waals surface area contributed by atoms with Gasteiger partial charge in [0.1, 0.15) is 5.82 Å². The van der Waals surface area contributed by atoms with Crippen LogP contribution in [-0.4, -0.2) is 35.5 Å². The number of amides is 1. The van der Waals surface area contributed by atoms with Gasteiger partial charge >= 0.3 is 0 Å². The molecule has 1 saturated heterocycles. The number of β-amino-alcohol motifs (C(OH)–C–C–N with tert-alkyl or cyclic N) is 1. The van der Waals surface area contributed by atoms with E-state index in [4.69, 9.17) is 5.73 Å². The average Bonchev–Trinajstić information content (AvgIpc) is 2.41. The molecule has 3 N–H and O–H groups in total. The minimum absolute atomic E-state index is 0.241. The van der Waals surface area contributed by atoms with E-state index in [0.29, 0.717) is 18.9 Å². The third-order valence-corrected chi connectivity index (χ3v) is 3.88. The number of carbonyl (C=O) groups is 1. The zero-order chi connectivity index (χ0) is 14.5. The lowest BCUT2D eigenvalue weighted by Crippen LogP contribution is -2.37. The van der Waals surface area contributed by atoms with E-state index < -0.39 is 6.10 Å². The number of primary amides is 1. The number of hydrogen-bond acceptors (Lipinski definition) is 3. The van der Waals surface area contributed by atoms with Crippen LogP contribution in [0.2, 0.25) is 0 Å². The van der Waals surface area contributed by atoms with E-state index in [1.54, 1.807) is 12.1 Å². The second-order valence-electron chi connectivity index (χ2n) is 5.48. The summed E-state index contributed by atoms with van der Waals surface area (Å²) in [6.45, 7) is 2.25. The van der Waals surface area contributed by atoms with Crippen molar-refractivity contribution >= 4 is 5.91 Å². The number of aliphatic hydroxyl groups is 1. The zero-order valence-electron chi connectivity index (χ0n) is 11.5. The Labute approximate surface area is 118 Å². The summed E-state index contributed by atoms with van der Waals surface area (Å²) in [6, 6.07) is 5.94. The molecule has 1 aromatic carbocycles. The molecule has 0 spiro atoms. The van der Waals surface area contributed by atoms with E-state index >= 15 is 0 Å². The van der Waals surface area contributed by atoms with Gasteiger partial charge in [0.25, 0.3) is 0 Å². The van der Waals surface area contributed by atoms with Gasteiger partial charge in [-0.15, -0.1) is 0 Å². The lowest BCUT2D eigenvalue weighted by Gasteiger charge is -2.32. The van der Waals surface area contributed by atoms with Gasteiger partial charge in [0, 0.05) is 13.0 Å². The predicted molar refractivity (Wildman–Crippen MR) is 74.3 cm³/mol. The Bertz CT molecular complexity index is 442. The van der Waals surface area contributed by atoms with Crippen molar-refractivity contribution in [3.05, 3.63) is 35.6 Å². The first kappa shape index (κ1) is 14.9. The molecule has 1 heterocycles. The van der Waals surface area contributed by atoms with Crippen LogP contribution < -0.4 is 5.73 Å². The number of halogens is 1. The molecule has 0 aliphatic carbocycles. The lowest BCUT2D eigenvalue weighted by molar-refractivity contribution is -0.119. The highest BCUT2D eigenvalue weighted by Crippen LogP contribution is 2.22. The van der Waals surface area contributed by atoms with Gasteiger partial charge in [-0.05, 0) is 49.5 Å². The molecule has 20 heavy (non-hydrogen) atoms. The minimum atomic E-state index is -0.608. The van der Waals surface area contributed by atoms with Gasteiger partial charge < -0.3 is 15.7 Å². The van der Waals surface area contributed by atoms with Crippen LogP contribution in [0.5, 0.6) is 0 Å². The maximum absolute atomic E-state index is 12.8. The molecule has 1 aliphatic heterocycles. The van der Waals surface area contributed by atoms with E-state index in [1.807, 2.05) is 0 Å². The summed E-state index contributed by atoms with van der Waals surface area (Å²) in [5.74, 6) is -0.172. The van der Waals surface area contributed by atoms with Crippen LogP contribution in [-0.2, 0) is 4.79 Å². The Morgan fingerprint density at radius 1 is 1.35 bits per heavy atom. The van der Waals surface area contributed by atoms with E-state index in [9.17, 15) is 14.3 Å². The number of likely N-dealkylation sites (tertiary alicyclic amines) is 1. The Morgan fingerprint density at radius 2 is 1.95 bits per heavy atom. The SMILES string of the molecule is NC(=O)CC1CCN(CC(O)c2ccc(F)cc2)CC1. The van der Waals surface area contributed by atoms with Crippen LogP contribution in [0.1, 0.15) is 30.9 Å². The van der Waals surface area contributed by atoms with E-state index in [2.05, 4.69) is 4.90 Å². The molecule has 1 aromatic rings. The van der Waals surface area contributed by atoms with Crippen molar-refractivity contribution in [1.29, 1.82) is 0 Å². The monoisotopic (exact) mass is 280 g/mol. The number of nitrogens with two attached hydrogens (primary N) is 1. The first-order valence-corrected chi connectivity index (χ1v) is 6.99. The maximum atomic E-state index is 12.8. The van der Waals surface area contributed by atoms with Crippen LogP contribution in [0.3, 0.4) is 0 Å². The van der Waals surface area contributed by atoms with Gasteiger partial charge in [0.2, 0.25) is 5.91 Å². The molecule has 1 aliphatic rings. The normalized spacial score (nSPS) is 18.9. The van der Waals surface area contributed by atoms with E-state index in [-0.39, 0.29) is 11.7 Å². The maximum Gasteiger partial charge on any atom is 0.217 e. The Balaban J connectivity index is 1.80. The van der Waals surface area contributed by atoms with Crippen molar-refractivity contribution in [2.45, 2.75) is 25.4 Å². The molecule has 1 unspecified atom stereocenters. The molecular weight excluding hydrogens is 259 g/mol. The number of aliphatic hydroxyl groups excluding tert-OH is 1. The number of piperidine rings is 1.